The number of aliphatic hydroxyl groups is 1. The molecule has 1 aromatic rings. The Morgan fingerprint density at radius 3 is 2.92 bits per heavy atom. The Labute approximate surface area is 82.4 Å². The van der Waals surface area contributed by atoms with Crippen molar-refractivity contribution in [3.8, 4) is 0 Å². The number of nitrogen functional groups attached to an aromatic ring is 1. The molecule has 0 fully saturated rings. The molecule has 0 aliphatic carbocycles. The molecular weight excluding hydrogens is 184 g/mol. The van der Waals surface area contributed by atoms with Gasteiger partial charge in [0.05, 0.1) is 23.5 Å². The van der Waals surface area contributed by atoms with Crippen LogP contribution in [0, 0.1) is 6.92 Å². The molecule has 0 radical (unpaired) electrons. The Kier molecular flexibility index (Phi) is 3.57. The average Bonchev–Trinajstić information content (AvgIpc) is 2.11. The first-order chi connectivity index (χ1) is 6.13. The van der Waals surface area contributed by atoms with Crippen molar-refractivity contribution in [1.82, 2.24) is 4.98 Å². The second-order valence-electron chi connectivity index (χ2n) is 2.99. The predicted octanol–water partition coefficient (Wildman–Crippen LogP) is 1.45. The number of hydrogen-bond donors (Lipinski definition) is 2. The first-order valence-electron chi connectivity index (χ1n) is 4.13. The molecule has 0 amide bonds. The van der Waals surface area contributed by atoms with Gasteiger partial charge in [-0.1, -0.05) is 6.92 Å². The van der Waals surface area contributed by atoms with Crippen LogP contribution in [-0.4, -0.2) is 21.9 Å². The largest absolute Gasteiger partial charge is 0.397 e. The lowest BCUT2D eigenvalue weighted by molar-refractivity contribution is 0.300. The lowest BCUT2D eigenvalue weighted by Crippen LogP contribution is -2.02. The Balaban J connectivity index is 2.73. The van der Waals surface area contributed by atoms with Gasteiger partial charge in [0.2, 0.25) is 0 Å². The zero-order valence-electron chi connectivity index (χ0n) is 7.82. The van der Waals surface area contributed by atoms with Gasteiger partial charge in [0, 0.05) is 5.25 Å². The number of aromatic nitrogens is 1. The highest BCUT2D eigenvalue weighted by atomic mass is 32.2. The summed E-state index contributed by atoms with van der Waals surface area (Å²) in [6.07, 6.45) is 1.65. The van der Waals surface area contributed by atoms with E-state index in [1.807, 2.05) is 19.9 Å². The minimum Gasteiger partial charge on any atom is -0.397 e. The van der Waals surface area contributed by atoms with E-state index in [0.717, 1.165) is 10.6 Å². The van der Waals surface area contributed by atoms with Gasteiger partial charge in [-0.2, -0.15) is 0 Å². The normalized spacial score (nSPS) is 12.8. The molecule has 0 saturated carbocycles. The highest BCUT2D eigenvalue weighted by Crippen LogP contribution is 2.23. The fourth-order valence-corrected chi connectivity index (χ4v) is 1.69. The van der Waals surface area contributed by atoms with E-state index >= 15 is 0 Å². The van der Waals surface area contributed by atoms with Crippen LogP contribution in [0.5, 0.6) is 0 Å². The third kappa shape index (κ3) is 2.90. The van der Waals surface area contributed by atoms with Crippen LogP contribution in [0.4, 0.5) is 5.69 Å². The summed E-state index contributed by atoms with van der Waals surface area (Å²) in [4.78, 5) is 4.15. The van der Waals surface area contributed by atoms with Crippen LogP contribution in [0.25, 0.3) is 0 Å². The summed E-state index contributed by atoms with van der Waals surface area (Å²) in [6, 6.07) is 1.94. The second-order valence-corrected chi connectivity index (χ2v) is 4.45. The van der Waals surface area contributed by atoms with Crippen LogP contribution in [-0.2, 0) is 0 Å². The lowest BCUT2D eigenvalue weighted by Gasteiger charge is -2.07. The smallest absolute Gasteiger partial charge is 0.0967 e. The van der Waals surface area contributed by atoms with Gasteiger partial charge < -0.3 is 10.8 Å². The lowest BCUT2D eigenvalue weighted by atomic mass is 10.3. The standard InChI is InChI=1S/C9H14N2OS/c1-6-3-9(11-4-8(6)10)13-7(2)5-12/h3-4,7,12H,5,10H2,1-2H3. The van der Waals surface area contributed by atoms with E-state index in [1.54, 1.807) is 18.0 Å². The van der Waals surface area contributed by atoms with E-state index in [4.69, 9.17) is 10.8 Å². The SMILES string of the molecule is Cc1cc(SC(C)CO)ncc1N. The van der Waals surface area contributed by atoms with Gasteiger partial charge in [-0.05, 0) is 18.6 Å². The second kappa shape index (κ2) is 4.48. The number of nitrogens with zero attached hydrogens (tertiary/aromatic N) is 1. The van der Waals surface area contributed by atoms with E-state index < -0.39 is 0 Å². The topological polar surface area (TPSA) is 59.1 Å². The fraction of sp³-hybridized carbons (Fsp3) is 0.444. The summed E-state index contributed by atoms with van der Waals surface area (Å²) >= 11 is 1.55. The van der Waals surface area contributed by atoms with E-state index in [0.29, 0.717) is 5.69 Å². The van der Waals surface area contributed by atoms with Gasteiger partial charge in [0.25, 0.3) is 0 Å². The monoisotopic (exact) mass is 198 g/mol. The van der Waals surface area contributed by atoms with Gasteiger partial charge in [0.1, 0.15) is 0 Å². The van der Waals surface area contributed by atoms with E-state index in [9.17, 15) is 0 Å². The minimum absolute atomic E-state index is 0.162. The Morgan fingerprint density at radius 1 is 1.69 bits per heavy atom. The van der Waals surface area contributed by atoms with Crippen molar-refractivity contribution in [2.24, 2.45) is 0 Å². The molecule has 0 aliphatic heterocycles. The molecular formula is C9H14N2OS. The molecule has 0 aromatic carbocycles. The van der Waals surface area contributed by atoms with Crippen LogP contribution < -0.4 is 5.73 Å². The molecule has 0 aliphatic rings. The van der Waals surface area contributed by atoms with Crippen LogP contribution >= 0.6 is 11.8 Å². The van der Waals surface area contributed by atoms with Crippen LogP contribution in [0.15, 0.2) is 17.3 Å². The summed E-state index contributed by atoms with van der Waals surface area (Å²) in [7, 11) is 0. The summed E-state index contributed by atoms with van der Waals surface area (Å²) < 4.78 is 0. The van der Waals surface area contributed by atoms with E-state index in [2.05, 4.69) is 4.98 Å². The van der Waals surface area contributed by atoms with Crippen LogP contribution in [0.2, 0.25) is 0 Å². The van der Waals surface area contributed by atoms with Crippen molar-refractivity contribution < 1.29 is 5.11 Å². The number of nitrogens with two attached hydrogens (primary N) is 1. The van der Waals surface area contributed by atoms with Gasteiger partial charge in [-0.15, -0.1) is 11.8 Å². The minimum atomic E-state index is 0.162. The number of hydrogen-bond acceptors (Lipinski definition) is 4. The maximum absolute atomic E-state index is 8.85. The Morgan fingerprint density at radius 2 is 2.38 bits per heavy atom. The number of aliphatic hydroxyl groups excluding tert-OH is 1. The predicted molar refractivity (Wildman–Crippen MR) is 55.8 cm³/mol. The first kappa shape index (κ1) is 10.3. The molecule has 1 aromatic heterocycles. The molecule has 13 heavy (non-hydrogen) atoms. The molecule has 0 spiro atoms. The van der Waals surface area contributed by atoms with Crippen LogP contribution in [0.3, 0.4) is 0 Å². The Hall–Kier alpha value is -0.740. The summed E-state index contributed by atoms with van der Waals surface area (Å²) in [5.74, 6) is 0. The number of rotatable bonds is 3. The summed E-state index contributed by atoms with van der Waals surface area (Å²) in [5.41, 5.74) is 7.37. The van der Waals surface area contributed by atoms with Gasteiger partial charge in [0.15, 0.2) is 0 Å². The van der Waals surface area contributed by atoms with Crippen molar-refractivity contribution in [3.05, 3.63) is 17.8 Å². The van der Waals surface area contributed by atoms with Crippen molar-refractivity contribution in [1.29, 1.82) is 0 Å². The van der Waals surface area contributed by atoms with E-state index in [1.165, 1.54) is 0 Å². The first-order valence-corrected chi connectivity index (χ1v) is 5.01. The molecule has 1 atom stereocenters. The molecule has 4 heteroatoms. The summed E-state index contributed by atoms with van der Waals surface area (Å²) in [6.45, 7) is 4.07. The molecule has 72 valence electrons. The number of aryl methyl sites for hydroxylation is 1. The summed E-state index contributed by atoms with van der Waals surface area (Å²) in [5, 5.41) is 9.93. The maximum atomic E-state index is 8.85. The van der Waals surface area contributed by atoms with Gasteiger partial charge >= 0.3 is 0 Å². The third-order valence-electron chi connectivity index (χ3n) is 1.71. The van der Waals surface area contributed by atoms with Crippen molar-refractivity contribution >= 4 is 17.4 Å². The zero-order chi connectivity index (χ0) is 9.84. The van der Waals surface area contributed by atoms with Crippen molar-refractivity contribution in [2.75, 3.05) is 12.3 Å². The number of anilines is 1. The molecule has 3 nitrogen and oxygen atoms in total. The van der Waals surface area contributed by atoms with E-state index in [-0.39, 0.29) is 11.9 Å². The molecule has 1 unspecified atom stereocenters. The zero-order valence-corrected chi connectivity index (χ0v) is 8.64. The molecule has 1 heterocycles. The fourth-order valence-electron chi connectivity index (χ4n) is 0.849. The van der Waals surface area contributed by atoms with Gasteiger partial charge in [-0.3, -0.25) is 0 Å². The quantitative estimate of drug-likeness (QED) is 0.722. The molecule has 0 saturated heterocycles. The highest BCUT2D eigenvalue weighted by molar-refractivity contribution is 7.99. The highest BCUT2D eigenvalue weighted by Gasteiger charge is 2.04. The van der Waals surface area contributed by atoms with Crippen molar-refractivity contribution in [2.45, 2.75) is 24.1 Å². The number of thioether (sulfide) groups is 1. The molecule has 0 bridgehead atoms. The van der Waals surface area contributed by atoms with Crippen LogP contribution in [0.1, 0.15) is 12.5 Å². The molecule has 1 rings (SSSR count). The maximum Gasteiger partial charge on any atom is 0.0967 e. The van der Waals surface area contributed by atoms with Gasteiger partial charge in [-0.25, -0.2) is 4.98 Å². The number of pyridine rings is 1. The third-order valence-corrected chi connectivity index (χ3v) is 2.72. The van der Waals surface area contributed by atoms with Crippen molar-refractivity contribution in [3.63, 3.8) is 0 Å². The average molecular weight is 198 g/mol. The molecule has 3 N–H and O–H groups in total. The Bertz CT molecular complexity index is 291.